The summed E-state index contributed by atoms with van der Waals surface area (Å²) in [6.45, 7) is 2.16. The molecule has 3 aromatic rings. The number of rotatable bonds is 3. The lowest BCUT2D eigenvalue weighted by Crippen LogP contribution is -2.26. The highest BCUT2D eigenvalue weighted by Crippen LogP contribution is 2.26. The minimum absolute atomic E-state index is 0.126. The number of carbonyl (C=O) groups excluding carboxylic acids is 1. The number of aryl methyl sites for hydroxylation is 1. The summed E-state index contributed by atoms with van der Waals surface area (Å²) in [7, 11) is 1.93. The predicted octanol–water partition coefficient (Wildman–Crippen LogP) is 3.29. The van der Waals surface area contributed by atoms with Gasteiger partial charge in [-0.25, -0.2) is 4.98 Å². The second-order valence-corrected chi connectivity index (χ2v) is 6.63. The van der Waals surface area contributed by atoms with Gasteiger partial charge in [-0.1, -0.05) is 18.2 Å². The van der Waals surface area contributed by atoms with E-state index in [4.69, 9.17) is 0 Å². The van der Waals surface area contributed by atoms with E-state index >= 15 is 0 Å². The Labute approximate surface area is 147 Å². The summed E-state index contributed by atoms with van der Waals surface area (Å²) in [5, 5.41) is 6.38. The van der Waals surface area contributed by atoms with Crippen LogP contribution < -0.4 is 10.6 Å². The van der Waals surface area contributed by atoms with E-state index in [2.05, 4.69) is 27.8 Å². The molecule has 0 spiro atoms. The third-order valence-electron chi connectivity index (χ3n) is 4.98. The number of para-hydroxylation sites is 1. The molecule has 0 bridgehead atoms. The molecule has 0 aliphatic carbocycles. The van der Waals surface area contributed by atoms with Crippen molar-refractivity contribution < 1.29 is 4.79 Å². The summed E-state index contributed by atoms with van der Waals surface area (Å²) in [4.78, 5) is 17.0. The molecule has 1 aromatic heterocycles. The third-order valence-corrected chi connectivity index (χ3v) is 4.98. The Hall–Kier alpha value is -2.66. The number of hydrogen-bond acceptors (Lipinski definition) is 3. The number of nitrogens with one attached hydrogen (secondary N) is 2. The van der Waals surface area contributed by atoms with Crippen molar-refractivity contribution >= 4 is 22.6 Å². The van der Waals surface area contributed by atoms with Crippen LogP contribution in [-0.4, -0.2) is 28.5 Å². The number of imidazole rings is 1. The van der Waals surface area contributed by atoms with Crippen LogP contribution in [0.5, 0.6) is 0 Å². The van der Waals surface area contributed by atoms with Crippen molar-refractivity contribution in [2.24, 2.45) is 7.05 Å². The molecule has 4 rings (SSSR count). The Kier molecular flexibility index (Phi) is 4.24. The van der Waals surface area contributed by atoms with Gasteiger partial charge in [-0.3, -0.25) is 4.79 Å². The molecule has 2 aromatic carbocycles. The SMILES string of the molecule is Cn1cnc2c(C(=O)Nc3ccc(C4CCNCC4)cc3)cccc21. The van der Waals surface area contributed by atoms with Crippen molar-refractivity contribution in [3.05, 3.63) is 59.9 Å². The Morgan fingerprint density at radius 2 is 1.92 bits per heavy atom. The monoisotopic (exact) mass is 334 g/mol. The molecule has 0 unspecified atom stereocenters. The van der Waals surface area contributed by atoms with Gasteiger partial charge in [-0.2, -0.15) is 0 Å². The Bertz CT molecular complexity index is 892. The third kappa shape index (κ3) is 3.15. The Balaban J connectivity index is 1.52. The number of benzene rings is 2. The van der Waals surface area contributed by atoms with E-state index < -0.39 is 0 Å². The van der Waals surface area contributed by atoms with Gasteiger partial charge in [0.25, 0.3) is 5.91 Å². The molecule has 1 aliphatic heterocycles. The fourth-order valence-corrected chi connectivity index (χ4v) is 3.53. The van der Waals surface area contributed by atoms with Gasteiger partial charge in [-0.15, -0.1) is 0 Å². The summed E-state index contributed by atoms with van der Waals surface area (Å²) in [5.74, 6) is 0.493. The van der Waals surface area contributed by atoms with Crippen molar-refractivity contribution in [3.63, 3.8) is 0 Å². The summed E-state index contributed by atoms with van der Waals surface area (Å²) in [6.07, 6.45) is 4.08. The lowest BCUT2D eigenvalue weighted by molar-refractivity contribution is 0.102. The van der Waals surface area contributed by atoms with Crippen molar-refractivity contribution in [2.45, 2.75) is 18.8 Å². The highest BCUT2D eigenvalue weighted by Gasteiger charge is 2.16. The number of anilines is 1. The normalized spacial score (nSPS) is 15.4. The minimum Gasteiger partial charge on any atom is -0.334 e. The van der Waals surface area contributed by atoms with Gasteiger partial charge in [-0.05, 0) is 61.7 Å². The zero-order valence-electron chi connectivity index (χ0n) is 14.3. The van der Waals surface area contributed by atoms with Crippen LogP contribution in [0, 0.1) is 0 Å². The van der Waals surface area contributed by atoms with Gasteiger partial charge in [0.2, 0.25) is 0 Å². The van der Waals surface area contributed by atoms with Crippen LogP contribution in [0.4, 0.5) is 5.69 Å². The first-order valence-corrected chi connectivity index (χ1v) is 8.74. The van der Waals surface area contributed by atoms with Crippen LogP contribution in [0.1, 0.15) is 34.7 Å². The second-order valence-electron chi connectivity index (χ2n) is 6.63. The molecule has 2 heterocycles. The first kappa shape index (κ1) is 15.8. The fraction of sp³-hybridized carbons (Fsp3) is 0.300. The largest absolute Gasteiger partial charge is 0.334 e. The number of amides is 1. The highest BCUT2D eigenvalue weighted by molar-refractivity contribution is 6.11. The standard InChI is InChI=1S/C20H22N4O/c1-24-13-22-19-17(3-2-4-18(19)24)20(25)23-16-7-5-14(6-8-16)15-9-11-21-12-10-15/h2-8,13,15,21H,9-12H2,1H3,(H,23,25). The van der Waals surface area contributed by atoms with E-state index in [9.17, 15) is 4.79 Å². The molecule has 1 amide bonds. The lowest BCUT2D eigenvalue weighted by Gasteiger charge is -2.23. The van der Waals surface area contributed by atoms with E-state index in [1.807, 2.05) is 41.9 Å². The maximum Gasteiger partial charge on any atom is 0.257 e. The van der Waals surface area contributed by atoms with E-state index in [0.29, 0.717) is 11.5 Å². The molecule has 5 heteroatoms. The maximum atomic E-state index is 12.7. The van der Waals surface area contributed by atoms with E-state index in [1.165, 1.54) is 18.4 Å². The van der Waals surface area contributed by atoms with Crippen molar-refractivity contribution in [2.75, 3.05) is 18.4 Å². The van der Waals surface area contributed by atoms with E-state index in [-0.39, 0.29) is 5.91 Å². The minimum atomic E-state index is -0.126. The topological polar surface area (TPSA) is 59.0 Å². The number of nitrogens with zero attached hydrogens (tertiary/aromatic N) is 2. The van der Waals surface area contributed by atoms with Crippen LogP contribution >= 0.6 is 0 Å². The molecule has 5 nitrogen and oxygen atoms in total. The Morgan fingerprint density at radius 1 is 1.16 bits per heavy atom. The van der Waals surface area contributed by atoms with Crippen LogP contribution in [0.25, 0.3) is 11.0 Å². The van der Waals surface area contributed by atoms with Crippen LogP contribution in [0.2, 0.25) is 0 Å². The van der Waals surface area contributed by atoms with Crippen LogP contribution in [0.3, 0.4) is 0 Å². The van der Waals surface area contributed by atoms with Gasteiger partial charge in [0.1, 0.15) is 5.52 Å². The van der Waals surface area contributed by atoms with Gasteiger partial charge in [0.15, 0.2) is 0 Å². The van der Waals surface area contributed by atoms with Gasteiger partial charge >= 0.3 is 0 Å². The lowest BCUT2D eigenvalue weighted by atomic mass is 9.90. The van der Waals surface area contributed by atoms with E-state index in [0.717, 1.165) is 29.8 Å². The number of aromatic nitrogens is 2. The van der Waals surface area contributed by atoms with Gasteiger partial charge < -0.3 is 15.2 Å². The number of carbonyl (C=O) groups is 1. The fourth-order valence-electron chi connectivity index (χ4n) is 3.53. The van der Waals surface area contributed by atoms with Crippen LogP contribution in [-0.2, 0) is 7.05 Å². The molecule has 0 radical (unpaired) electrons. The first-order chi connectivity index (χ1) is 12.2. The molecule has 0 atom stereocenters. The van der Waals surface area contributed by atoms with E-state index in [1.54, 1.807) is 6.33 Å². The summed E-state index contributed by atoms with van der Waals surface area (Å²) in [5.41, 5.74) is 4.45. The zero-order chi connectivity index (χ0) is 17.2. The number of hydrogen-bond donors (Lipinski definition) is 2. The van der Waals surface area contributed by atoms with Crippen molar-refractivity contribution in [3.8, 4) is 0 Å². The molecule has 1 saturated heterocycles. The summed E-state index contributed by atoms with van der Waals surface area (Å²) >= 11 is 0. The predicted molar refractivity (Wildman–Crippen MR) is 100.0 cm³/mol. The first-order valence-electron chi connectivity index (χ1n) is 8.74. The zero-order valence-corrected chi connectivity index (χ0v) is 14.3. The molecule has 1 fully saturated rings. The van der Waals surface area contributed by atoms with Gasteiger partial charge in [0, 0.05) is 12.7 Å². The second kappa shape index (κ2) is 6.69. The molecular formula is C20H22N4O. The number of fused-ring (bicyclic) bond motifs is 1. The molecule has 25 heavy (non-hydrogen) atoms. The number of piperidine rings is 1. The average molecular weight is 334 g/mol. The Morgan fingerprint density at radius 3 is 2.68 bits per heavy atom. The molecule has 0 saturated carbocycles. The maximum absolute atomic E-state index is 12.7. The molecule has 128 valence electrons. The smallest absolute Gasteiger partial charge is 0.257 e. The van der Waals surface area contributed by atoms with Crippen molar-refractivity contribution in [1.82, 2.24) is 14.9 Å². The van der Waals surface area contributed by atoms with Crippen molar-refractivity contribution in [1.29, 1.82) is 0 Å². The summed E-state index contributed by atoms with van der Waals surface area (Å²) in [6, 6.07) is 13.9. The van der Waals surface area contributed by atoms with Crippen LogP contribution in [0.15, 0.2) is 48.8 Å². The highest BCUT2D eigenvalue weighted by atomic mass is 16.1. The molecule has 1 aliphatic rings. The molecule has 2 N–H and O–H groups in total. The average Bonchev–Trinajstić information content (AvgIpc) is 3.04. The molecular weight excluding hydrogens is 312 g/mol. The quantitative estimate of drug-likeness (QED) is 0.773. The van der Waals surface area contributed by atoms with Gasteiger partial charge in [0.05, 0.1) is 17.4 Å². The summed E-state index contributed by atoms with van der Waals surface area (Å²) < 4.78 is 1.92.